The number of methoxy groups -OCH3 is 1. The lowest BCUT2D eigenvalue weighted by Crippen LogP contribution is -2.41. The van der Waals surface area contributed by atoms with E-state index in [0.717, 1.165) is 5.56 Å². The molecule has 4 rings (SSSR count). The molecule has 3 aromatic rings. The number of carbonyl (C=O) groups is 1. The van der Waals surface area contributed by atoms with Crippen LogP contribution >= 0.6 is 0 Å². The average Bonchev–Trinajstić information content (AvgIpc) is 2.99. The molecule has 1 aliphatic heterocycles. The lowest BCUT2D eigenvalue weighted by Gasteiger charge is -2.27. The van der Waals surface area contributed by atoms with Gasteiger partial charge in [-0.1, -0.05) is 12.1 Å². The number of aliphatic imine (C=N–C) groups is 1. The van der Waals surface area contributed by atoms with Crippen molar-refractivity contribution in [1.29, 1.82) is 0 Å². The van der Waals surface area contributed by atoms with Crippen LogP contribution in [0.4, 0.5) is 4.39 Å². The third-order valence-corrected chi connectivity index (χ3v) is 5.31. The molecule has 2 heterocycles. The van der Waals surface area contributed by atoms with Crippen molar-refractivity contribution < 1.29 is 13.9 Å². The molecule has 1 aliphatic rings. The highest BCUT2D eigenvalue weighted by Crippen LogP contribution is 2.42. The van der Waals surface area contributed by atoms with Crippen LogP contribution in [0.2, 0.25) is 0 Å². The minimum Gasteiger partial charge on any atom is -0.496 e. The van der Waals surface area contributed by atoms with Crippen molar-refractivity contribution in [2.45, 2.75) is 12.5 Å². The van der Waals surface area contributed by atoms with Crippen LogP contribution in [0.3, 0.4) is 0 Å². The first-order valence-corrected chi connectivity index (χ1v) is 9.22. The maximum absolute atomic E-state index is 14.7. The summed E-state index contributed by atoms with van der Waals surface area (Å²) in [7, 11) is 3.14. The van der Waals surface area contributed by atoms with Crippen LogP contribution in [0.25, 0.3) is 11.1 Å². The Morgan fingerprint density at radius 1 is 1.10 bits per heavy atom. The summed E-state index contributed by atoms with van der Waals surface area (Å²) in [5.41, 5.74) is 7.30. The van der Waals surface area contributed by atoms with Crippen LogP contribution in [0.15, 0.2) is 60.1 Å². The topological polar surface area (TPSA) is 93.7 Å². The molecule has 152 valence electrons. The van der Waals surface area contributed by atoms with Gasteiger partial charge < -0.3 is 10.5 Å². The SMILES string of the molecule is COc1ccc([C@]2(c3ccc(F)c(-c4cncnc4)c3)N=C(N)N(C)C2=O)cc1C. The van der Waals surface area contributed by atoms with E-state index in [0.29, 0.717) is 22.4 Å². The van der Waals surface area contributed by atoms with Crippen LogP contribution < -0.4 is 10.5 Å². The molecule has 2 aromatic carbocycles. The number of guanidine groups is 1. The number of ether oxygens (including phenoxy) is 1. The molecule has 0 unspecified atom stereocenters. The zero-order valence-corrected chi connectivity index (χ0v) is 16.8. The second-order valence-electron chi connectivity index (χ2n) is 7.05. The van der Waals surface area contributed by atoms with Gasteiger partial charge in [-0.2, -0.15) is 0 Å². The zero-order valence-electron chi connectivity index (χ0n) is 16.8. The van der Waals surface area contributed by atoms with Crippen molar-refractivity contribution in [3.8, 4) is 16.9 Å². The highest BCUT2D eigenvalue weighted by Gasteiger charge is 2.49. The number of carbonyl (C=O) groups excluding carboxylic acids is 1. The van der Waals surface area contributed by atoms with E-state index in [1.807, 2.05) is 13.0 Å². The number of hydrogen-bond acceptors (Lipinski definition) is 6. The number of likely N-dealkylation sites (N-methyl/N-ethyl adjacent to an activating group) is 1. The largest absolute Gasteiger partial charge is 0.496 e. The van der Waals surface area contributed by atoms with Gasteiger partial charge in [-0.05, 0) is 47.9 Å². The smallest absolute Gasteiger partial charge is 0.266 e. The predicted molar refractivity (Wildman–Crippen MR) is 110 cm³/mol. The Morgan fingerprint density at radius 3 is 2.37 bits per heavy atom. The number of aryl methyl sites for hydroxylation is 1. The zero-order chi connectivity index (χ0) is 21.5. The Labute approximate surface area is 173 Å². The van der Waals surface area contributed by atoms with Gasteiger partial charge in [-0.15, -0.1) is 0 Å². The molecule has 0 saturated carbocycles. The number of hydrogen-bond donors (Lipinski definition) is 1. The van der Waals surface area contributed by atoms with E-state index in [-0.39, 0.29) is 17.4 Å². The third kappa shape index (κ3) is 2.88. The summed E-state index contributed by atoms with van der Waals surface area (Å²) >= 11 is 0. The number of halogens is 1. The van der Waals surface area contributed by atoms with Gasteiger partial charge in [-0.3, -0.25) is 9.69 Å². The second kappa shape index (κ2) is 7.22. The maximum atomic E-state index is 14.7. The van der Waals surface area contributed by atoms with E-state index in [4.69, 9.17) is 10.5 Å². The van der Waals surface area contributed by atoms with Gasteiger partial charge in [0.25, 0.3) is 5.91 Å². The highest BCUT2D eigenvalue weighted by molar-refractivity contribution is 6.09. The van der Waals surface area contributed by atoms with E-state index in [1.165, 1.54) is 29.7 Å². The Kier molecular flexibility index (Phi) is 4.69. The fraction of sp³-hybridized carbons (Fsp3) is 0.182. The van der Waals surface area contributed by atoms with E-state index in [1.54, 1.807) is 38.4 Å². The highest BCUT2D eigenvalue weighted by atomic mass is 19.1. The Hall–Kier alpha value is -3.81. The summed E-state index contributed by atoms with van der Waals surface area (Å²) in [6.07, 6.45) is 4.40. The molecule has 7 nitrogen and oxygen atoms in total. The molecule has 0 bridgehead atoms. The van der Waals surface area contributed by atoms with Gasteiger partial charge in [0.1, 0.15) is 17.9 Å². The molecular weight excluding hydrogens is 385 g/mol. The van der Waals surface area contributed by atoms with Crippen molar-refractivity contribution in [3.05, 3.63) is 77.6 Å². The molecule has 0 saturated heterocycles. The van der Waals surface area contributed by atoms with Crippen molar-refractivity contribution >= 4 is 11.9 Å². The molecule has 2 N–H and O–H groups in total. The molecule has 0 aliphatic carbocycles. The van der Waals surface area contributed by atoms with Crippen molar-refractivity contribution in [2.75, 3.05) is 14.2 Å². The summed E-state index contributed by atoms with van der Waals surface area (Å²) in [6, 6.07) is 9.85. The number of amides is 1. The molecule has 0 radical (unpaired) electrons. The van der Waals surface area contributed by atoms with Crippen molar-refractivity contribution in [3.63, 3.8) is 0 Å². The molecule has 30 heavy (non-hydrogen) atoms. The van der Waals surface area contributed by atoms with Gasteiger partial charge in [0.2, 0.25) is 0 Å². The fourth-order valence-corrected chi connectivity index (χ4v) is 3.70. The lowest BCUT2D eigenvalue weighted by atomic mass is 9.81. The lowest BCUT2D eigenvalue weighted by molar-refractivity contribution is -0.129. The summed E-state index contributed by atoms with van der Waals surface area (Å²) in [5, 5.41) is 0. The first kappa shape index (κ1) is 19.5. The number of rotatable bonds is 4. The standard InChI is InChI=1S/C22H20FN5O2/c1-13-8-15(5-7-19(13)30-3)22(20(29)28(2)21(24)27-22)16-4-6-18(23)17(9-16)14-10-25-12-26-11-14/h4-12H,1-3H3,(H2,24,27)/t22-/m1/s1. The second-order valence-corrected chi connectivity index (χ2v) is 7.05. The van der Waals surface area contributed by atoms with Crippen molar-refractivity contribution in [2.24, 2.45) is 10.7 Å². The predicted octanol–water partition coefficient (Wildman–Crippen LogP) is 2.63. The normalized spacial score (nSPS) is 18.5. The monoisotopic (exact) mass is 405 g/mol. The van der Waals surface area contributed by atoms with Crippen LogP contribution in [-0.4, -0.2) is 40.9 Å². The number of benzene rings is 2. The summed E-state index contributed by atoms with van der Waals surface area (Å²) < 4.78 is 20.0. The summed E-state index contributed by atoms with van der Waals surface area (Å²) in [4.78, 5) is 27.2. The third-order valence-electron chi connectivity index (χ3n) is 5.31. The Morgan fingerprint density at radius 2 is 1.77 bits per heavy atom. The van der Waals surface area contributed by atoms with Gasteiger partial charge in [0, 0.05) is 30.6 Å². The van der Waals surface area contributed by atoms with Crippen LogP contribution in [-0.2, 0) is 10.3 Å². The number of aromatic nitrogens is 2. The molecular formula is C22H20FN5O2. The van der Waals surface area contributed by atoms with E-state index < -0.39 is 11.4 Å². The molecule has 1 aromatic heterocycles. The minimum absolute atomic E-state index is 0.0855. The minimum atomic E-state index is -1.44. The number of nitrogens with two attached hydrogens (primary N) is 1. The quantitative estimate of drug-likeness (QED) is 0.720. The van der Waals surface area contributed by atoms with Crippen LogP contribution in [0.5, 0.6) is 5.75 Å². The Balaban J connectivity index is 1.98. The van der Waals surface area contributed by atoms with Crippen LogP contribution in [0.1, 0.15) is 16.7 Å². The van der Waals surface area contributed by atoms with E-state index >= 15 is 0 Å². The number of nitrogens with zero attached hydrogens (tertiary/aromatic N) is 4. The maximum Gasteiger partial charge on any atom is 0.266 e. The molecule has 1 amide bonds. The van der Waals surface area contributed by atoms with Gasteiger partial charge >= 0.3 is 0 Å². The van der Waals surface area contributed by atoms with Gasteiger partial charge in [-0.25, -0.2) is 19.4 Å². The Bertz CT molecular complexity index is 1170. The molecule has 1 atom stereocenters. The summed E-state index contributed by atoms with van der Waals surface area (Å²) in [6.45, 7) is 1.88. The first-order valence-electron chi connectivity index (χ1n) is 9.22. The van der Waals surface area contributed by atoms with E-state index in [2.05, 4.69) is 15.0 Å². The fourth-order valence-electron chi connectivity index (χ4n) is 3.70. The summed E-state index contributed by atoms with van der Waals surface area (Å²) in [5.74, 6) is -0.00919. The molecule has 8 heteroatoms. The van der Waals surface area contributed by atoms with Crippen LogP contribution in [0, 0.1) is 12.7 Å². The molecule has 0 spiro atoms. The van der Waals surface area contributed by atoms with E-state index in [9.17, 15) is 9.18 Å². The van der Waals surface area contributed by atoms with Gasteiger partial charge in [0.05, 0.1) is 7.11 Å². The first-order chi connectivity index (χ1) is 14.4. The average molecular weight is 405 g/mol. The van der Waals surface area contributed by atoms with Gasteiger partial charge in [0.15, 0.2) is 11.5 Å². The van der Waals surface area contributed by atoms with Crippen molar-refractivity contribution in [1.82, 2.24) is 14.9 Å². The molecule has 0 fully saturated rings.